The van der Waals surface area contributed by atoms with Crippen LogP contribution in [-0.4, -0.2) is 20.9 Å². The number of carbonyl (C=O) groups is 1. The molecule has 0 unspecified atom stereocenters. The van der Waals surface area contributed by atoms with Crippen LogP contribution in [0.4, 0.5) is 4.39 Å². The van der Waals surface area contributed by atoms with E-state index in [2.05, 4.69) is 5.10 Å². The van der Waals surface area contributed by atoms with Gasteiger partial charge in [0.1, 0.15) is 5.82 Å². The van der Waals surface area contributed by atoms with E-state index in [1.165, 1.54) is 12.1 Å². The van der Waals surface area contributed by atoms with Gasteiger partial charge in [0.25, 0.3) is 0 Å². The molecule has 0 aliphatic carbocycles. The van der Waals surface area contributed by atoms with E-state index in [0.29, 0.717) is 22.8 Å². The summed E-state index contributed by atoms with van der Waals surface area (Å²) in [6.45, 7) is 0. The van der Waals surface area contributed by atoms with Gasteiger partial charge < -0.3 is 5.11 Å². The summed E-state index contributed by atoms with van der Waals surface area (Å²) < 4.78 is 14.7. The molecule has 122 valence electrons. The van der Waals surface area contributed by atoms with Gasteiger partial charge in [-0.1, -0.05) is 23.7 Å². The van der Waals surface area contributed by atoms with Crippen LogP contribution in [0.5, 0.6) is 0 Å². The number of aryl methyl sites for hydroxylation is 1. The van der Waals surface area contributed by atoms with E-state index in [4.69, 9.17) is 16.7 Å². The standard InChI is InChI=1S/C18H14ClFN2O2/c19-13-3-1-12(2-4-13)16-11-22(15-7-5-14(20)6-8-15)21-17(16)9-10-18(23)24/h1-8,11H,9-10H2,(H,23,24). The quantitative estimate of drug-likeness (QED) is 0.748. The van der Waals surface area contributed by atoms with Crippen LogP contribution in [0.25, 0.3) is 16.8 Å². The Morgan fingerprint density at radius 1 is 1.12 bits per heavy atom. The highest BCUT2D eigenvalue weighted by Crippen LogP contribution is 2.27. The van der Waals surface area contributed by atoms with E-state index in [9.17, 15) is 9.18 Å². The lowest BCUT2D eigenvalue weighted by atomic mass is 10.0. The number of rotatable bonds is 5. The maximum Gasteiger partial charge on any atom is 0.303 e. The summed E-state index contributed by atoms with van der Waals surface area (Å²) in [4.78, 5) is 10.9. The Kier molecular flexibility index (Phi) is 4.62. The molecule has 3 aromatic rings. The number of halogens is 2. The molecule has 0 fully saturated rings. The van der Waals surface area contributed by atoms with E-state index < -0.39 is 5.97 Å². The molecule has 24 heavy (non-hydrogen) atoms. The van der Waals surface area contributed by atoms with Gasteiger partial charge in [0.05, 0.1) is 17.8 Å². The summed E-state index contributed by atoms with van der Waals surface area (Å²) in [6, 6.07) is 13.2. The second-order valence-corrected chi connectivity index (χ2v) is 5.75. The van der Waals surface area contributed by atoms with Gasteiger partial charge in [-0.25, -0.2) is 9.07 Å². The first-order valence-electron chi connectivity index (χ1n) is 7.35. The molecule has 1 heterocycles. The van der Waals surface area contributed by atoms with Crippen molar-refractivity contribution in [1.82, 2.24) is 9.78 Å². The summed E-state index contributed by atoms with van der Waals surface area (Å²) in [5.41, 5.74) is 3.10. The van der Waals surface area contributed by atoms with Crippen molar-refractivity contribution in [3.05, 3.63) is 71.3 Å². The molecule has 1 aromatic heterocycles. The molecule has 0 aliphatic rings. The van der Waals surface area contributed by atoms with E-state index in [-0.39, 0.29) is 12.2 Å². The number of aromatic nitrogens is 2. The average molecular weight is 345 g/mol. The minimum atomic E-state index is -0.881. The number of hydrogen-bond acceptors (Lipinski definition) is 2. The van der Waals surface area contributed by atoms with Crippen molar-refractivity contribution in [2.45, 2.75) is 12.8 Å². The fourth-order valence-electron chi connectivity index (χ4n) is 2.42. The number of carboxylic acid groups (broad SMARTS) is 1. The summed E-state index contributed by atoms with van der Waals surface area (Å²) in [5, 5.41) is 14.0. The summed E-state index contributed by atoms with van der Waals surface area (Å²) in [6.07, 6.45) is 2.11. The maximum atomic E-state index is 13.1. The summed E-state index contributed by atoms with van der Waals surface area (Å²) >= 11 is 5.92. The predicted octanol–water partition coefficient (Wildman–Crippen LogP) is 4.35. The zero-order valence-electron chi connectivity index (χ0n) is 12.6. The van der Waals surface area contributed by atoms with Gasteiger partial charge >= 0.3 is 5.97 Å². The van der Waals surface area contributed by atoms with Gasteiger partial charge in [0.2, 0.25) is 0 Å². The van der Waals surface area contributed by atoms with E-state index in [1.807, 2.05) is 18.3 Å². The van der Waals surface area contributed by atoms with Crippen LogP contribution in [0.3, 0.4) is 0 Å². The van der Waals surface area contributed by atoms with E-state index in [1.54, 1.807) is 28.9 Å². The summed E-state index contributed by atoms with van der Waals surface area (Å²) in [7, 11) is 0. The molecular formula is C18H14ClFN2O2. The van der Waals surface area contributed by atoms with Crippen molar-refractivity contribution in [1.29, 1.82) is 0 Å². The molecule has 0 saturated heterocycles. The van der Waals surface area contributed by atoms with Crippen molar-refractivity contribution in [2.75, 3.05) is 0 Å². The SMILES string of the molecule is O=C(O)CCc1nn(-c2ccc(F)cc2)cc1-c1ccc(Cl)cc1. The maximum absolute atomic E-state index is 13.1. The molecule has 0 amide bonds. The Morgan fingerprint density at radius 3 is 2.42 bits per heavy atom. The van der Waals surface area contributed by atoms with Crippen LogP contribution < -0.4 is 0 Å². The van der Waals surface area contributed by atoms with E-state index >= 15 is 0 Å². The smallest absolute Gasteiger partial charge is 0.303 e. The molecule has 1 N–H and O–H groups in total. The molecule has 0 saturated carbocycles. The first kappa shape index (κ1) is 16.2. The molecule has 0 radical (unpaired) electrons. The Bertz CT molecular complexity index is 858. The molecule has 4 nitrogen and oxygen atoms in total. The van der Waals surface area contributed by atoms with E-state index in [0.717, 1.165) is 11.1 Å². The second kappa shape index (κ2) is 6.84. The Labute approximate surface area is 143 Å². The van der Waals surface area contributed by atoms with Crippen molar-refractivity contribution in [3.8, 4) is 16.8 Å². The fraction of sp³-hybridized carbons (Fsp3) is 0.111. The van der Waals surface area contributed by atoms with Crippen LogP contribution in [0.15, 0.2) is 54.7 Å². The Hall–Kier alpha value is -2.66. The van der Waals surface area contributed by atoms with Crippen LogP contribution in [0.2, 0.25) is 5.02 Å². The molecule has 6 heteroatoms. The first-order chi connectivity index (χ1) is 11.5. The second-order valence-electron chi connectivity index (χ2n) is 5.31. The highest BCUT2D eigenvalue weighted by atomic mass is 35.5. The number of carboxylic acids is 1. The first-order valence-corrected chi connectivity index (χ1v) is 7.73. The molecule has 0 aliphatic heterocycles. The number of benzene rings is 2. The van der Waals surface area contributed by atoms with Crippen LogP contribution in [-0.2, 0) is 11.2 Å². The predicted molar refractivity (Wildman–Crippen MR) is 89.9 cm³/mol. The van der Waals surface area contributed by atoms with Crippen molar-refractivity contribution < 1.29 is 14.3 Å². The third-order valence-electron chi connectivity index (χ3n) is 3.61. The summed E-state index contributed by atoms with van der Waals surface area (Å²) in [5.74, 6) is -1.21. The van der Waals surface area contributed by atoms with Crippen molar-refractivity contribution in [2.24, 2.45) is 0 Å². The highest BCUT2D eigenvalue weighted by Gasteiger charge is 2.13. The van der Waals surface area contributed by atoms with Gasteiger partial charge in [-0.05, 0) is 42.0 Å². The highest BCUT2D eigenvalue weighted by molar-refractivity contribution is 6.30. The van der Waals surface area contributed by atoms with Gasteiger partial charge in [-0.3, -0.25) is 4.79 Å². The average Bonchev–Trinajstić information content (AvgIpc) is 2.98. The zero-order chi connectivity index (χ0) is 17.1. The van der Waals surface area contributed by atoms with Crippen LogP contribution >= 0.6 is 11.6 Å². The number of nitrogens with zero attached hydrogens (tertiary/aromatic N) is 2. The number of aliphatic carboxylic acids is 1. The van der Waals surface area contributed by atoms with Crippen molar-refractivity contribution in [3.63, 3.8) is 0 Å². The van der Waals surface area contributed by atoms with Crippen LogP contribution in [0.1, 0.15) is 12.1 Å². The van der Waals surface area contributed by atoms with Gasteiger partial charge in [-0.15, -0.1) is 0 Å². The van der Waals surface area contributed by atoms with Crippen molar-refractivity contribution >= 4 is 17.6 Å². The molecule has 0 bridgehead atoms. The van der Waals surface area contributed by atoms with Gasteiger partial charge in [0.15, 0.2) is 0 Å². The molecular weight excluding hydrogens is 331 g/mol. The normalized spacial score (nSPS) is 10.8. The molecule has 0 spiro atoms. The van der Waals surface area contributed by atoms with Gasteiger partial charge in [-0.2, -0.15) is 5.10 Å². The minimum absolute atomic E-state index is 0.0129. The largest absolute Gasteiger partial charge is 0.481 e. The Balaban J connectivity index is 2.02. The Morgan fingerprint density at radius 2 is 1.79 bits per heavy atom. The molecule has 3 rings (SSSR count). The molecule has 2 aromatic carbocycles. The van der Waals surface area contributed by atoms with Crippen LogP contribution in [0, 0.1) is 5.82 Å². The number of hydrogen-bond donors (Lipinski definition) is 1. The lowest BCUT2D eigenvalue weighted by Gasteiger charge is -2.01. The molecule has 0 atom stereocenters. The zero-order valence-corrected chi connectivity index (χ0v) is 13.4. The lowest BCUT2D eigenvalue weighted by molar-refractivity contribution is -0.136. The third-order valence-corrected chi connectivity index (χ3v) is 3.86. The third kappa shape index (κ3) is 3.63. The minimum Gasteiger partial charge on any atom is -0.481 e. The van der Waals surface area contributed by atoms with Gasteiger partial charge in [0, 0.05) is 23.2 Å². The lowest BCUT2D eigenvalue weighted by Crippen LogP contribution is -2.00. The fourth-order valence-corrected chi connectivity index (χ4v) is 2.54. The topological polar surface area (TPSA) is 55.1 Å². The monoisotopic (exact) mass is 344 g/mol.